The average molecular weight is 576 g/mol. The van der Waals surface area contributed by atoms with Gasteiger partial charge in [0.15, 0.2) is 11.5 Å². The second-order valence-electron chi connectivity index (χ2n) is 11.2. The van der Waals surface area contributed by atoms with Gasteiger partial charge < -0.3 is 29.3 Å². The highest BCUT2D eigenvalue weighted by molar-refractivity contribution is 5.83. The van der Waals surface area contributed by atoms with Crippen molar-refractivity contribution in [2.75, 3.05) is 44.5 Å². The van der Waals surface area contributed by atoms with Gasteiger partial charge in [-0.05, 0) is 42.9 Å². The number of amides is 2. The second kappa shape index (κ2) is 12.4. The third-order valence-corrected chi connectivity index (χ3v) is 7.94. The first kappa shape index (κ1) is 28.0. The maximum absolute atomic E-state index is 13.5. The molecule has 0 spiro atoms. The zero-order valence-electron chi connectivity index (χ0n) is 24.1. The fourth-order valence-electron chi connectivity index (χ4n) is 5.60. The summed E-state index contributed by atoms with van der Waals surface area (Å²) in [5.41, 5.74) is 1.97. The van der Waals surface area contributed by atoms with Gasteiger partial charge in [0, 0.05) is 57.7 Å². The minimum atomic E-state index is -0.437. The van der Waals surface area contributed by atoms with Crippen LogP contribution in [0, 0.1) is 0 Å². The van der Waals surface area contributed by atoms with Crippen LogP contribution in [0.15, 0.2) is 43.0 Å². The molecular weight excluding hydrogens is 538 g/mol. The van der Waals surface area contributed by atoms with E-state index in [9.17, 15) is 9.59 Å². The van der Waals surface area contributed by atoms with E-state index >= 15 is 0 Å². The van der Waals surface area contributed by atoms with Crippen LogP contribution in [0.25, 0.3) is 5.95 Å². The minimum absolute atomic E-state index is 0.0324. The van der Waals surface area contributed by atoms with Crippen LogP contribution in [0.1, 0.15) is 50.3 Å². The van der Waals surface area contributed by atoms with Gasteiger partial charge in [0.1, 0.15) is 18.2 Å². The predicted octanol–water partition coefficient (Wildman–Crippen LogP) is 2.46. The maximum atomic E-state index is 13.5. The molecule has 0 bridgehead atoms. The minimum Gasteiger partial charge on any atom is -0.454 e. The maximum Gasteiger partial charge on any atom is 0.252 e. The van der Waals surface area contributed by atoms with Gasteiger partial charge in [-0.1, -0.05) is 19.9 Å². The Morgan fingerprint density at radius 2 is 2.00 bits per heavy atom. The number of piperazine rings is 1. The molecule has 2 amide bonds. The fraction of sp³-hybridized carbons (Fsp3) is 0.500. The molecule has 3 aromatic rings. The van der Waals surface area contributed by atoms with E-state index in [1.54, 1.807) is 17.1 Å². The molecule has 12 nitrogen and oxygen atoms in total. The van der Waals surface area contributed by atoms with Gasteiger partial charge in [-0.3, -0.25) is 14.2 Å². The van der Waals surface area contributed by atoms with Gasteiger partial charge >= 0.3 is 0 Å². The van der Waals surface area contributed by atoms with Crippen LogP contribution in [0.4, 0.5) is 5.82 Å². The molecular formula is C30H37N7O5. The summed E-state index contributed by atoms with van der Waals surface area (Å²) in [5.74, 6) is 2.85. The van der Waals surface area contributed by atoms with Gasteiger partial charge in [-0.15, -0.1) is 0 Å². The summed E-state index contributed by atoms with van der Waals surface area (Å²) in [5, 5.41) is 3.05. The number of rotatable bonds is 9. The summed E-state index contributed by atoms with van der Waals surface area (Å²) in [6, 6.07) is 7.49. The zero-order chi connectivity index (χ0) is 29.1. The largest absolute Gasteiger partial charge is 0.454 e. The molecule has 2 atom stereocenters. The molecule has 2 unspecified atom stereocenters. The lowest BCUT2D eigenvalue weighted by atomic mass is 10.0. The molecule has 5 heterocycles. The summed E-state index contributed by atoms with van der Waals surface area (Å²) in [6.45, 7) is 7.05. The SMILES string of the molecule is CC(C)c1cc(N2CCN(C(=O)C3CCCO3)C(CC(=O)NCCc3ccc4c(c3)OCO4)C2)nc(-n2ccnc2)n1. The average Bonchev–Trinajstić information content (AvgIpc) is 3.79. The Hall–Kier alpha value is -4.19. The van der Waals surface area contributed by atoms with Crippen molar-refractivity contribution in [1.29, 1.82) is 0 Å². The van der Waals surface area contributed by atoms with Crippen molar-refractivity contribution in [1.82, 2.24) is 29.7 Å². The number of imidazole rings is 1. The molecule has 2 fully saturated rings. The van der Waals surface area contributed by atoms with Crippen LogP contribution in [-0.4, -0.2) is 88.0 Å². The third kappa shape index (κ3) is 6.18. The number of carbonyl (C=O) groups is 2. The molecule has 6 rings (SSSR count). The summed E-state index contributed by atoms with van der Waals surface area (Å²) in [7, 11) is 0. The van der Waals surface area contributed by atoms with Crippen LogP contribution in [-0.2, 0) is 20.7 Å². The Morgan fingerprint density at radius 1 is 1.12 bits per heavy atom. The van der Waals surface area contributed by atoms with E-state index in [1.165, 1.54) is 0 Å². The lowest BCUT2D eigenvalue weighted by Crippen LogP contribution is -2.58. The third-order valence-electron chi connectivity index (χ3n) is 7.94. The number of benzene rings is 1. The number of aromatic nitrogens is 4. The van der Waals surface area contributed by atoms with Crippen LogP contribution in [0.5, 0.6) is 11.5 Å². The number of ether oxygens (including phenoxy) is 3. The first-order chi connectivity index (χ1) is 20.4. The highest BCUT2D eigenvalue weighted by Gasteiger charge is 2.37. The van der Waals surface area contributed by atoms with E-state index < -0.39 is 6.10 Å². The van der Waals surface area contributed by atoms with E-state index in [-0.39, 0.29) is 37.0 Å². The Bertz CT molecular complexity index is 1410. The highest BCUT2D eigenvalue weighted by atomic mass is 16.7. The molecule has 12 heteroatoms. The molecule has 0 radical (unpaired) electrons. The highest BCUT2D eigenvalue weighted by Crippen LogP contribution is 2.32. The molecule has 0 aliphatic carbocycles. The number of hydrogen-bond acceptors (Lipinski definition) is 9. The van der Waals surface area contributed by atoms with Gasteiger partial charge in [0.25, 0.3) is 5.91 Å². The Balaban J connectivity index is 1.16. The first-order valence-electron chi connectivity index (χ1n) is 14.6. The number of nitrogens with one attached hydrogen (secondary N) is 1. The lowest BCUT2D eigenvalue weighted by Gasteiger charge is -2.42. The number of hydrogen-bond donors (Lipinski definition) is 1. The van der Waals surface area contributed by atoms with E-state index in [1.807, 2.05) is 35.4 Å². The number of carbonyl (C=O) groups excluding carboxylic acids is 2. The van der Waals surface area contributed by atoms with Crippen molar-refractivity contribution in [3.8, 4) is 17.4 Å². The van der Waals surface area contributed by atoms with E-state index in [0.29, 0.717) is 51.6 Å². The molecule has 1 N–H and O–H groups in total. The normalized spacial score (nSPS) is 19.9. The molecule has 3 aliphatic rings. The molecule has 222 valence electrons. The Morgan fingerprint density at radius 3 is 2.79 bits per heavy atom. The van der Waals surface area contributed by atoms with Crippen molar-refractivity contribution in [2.24, 2.45) is 0 Å². The number of anilines is 1. The molecule has 2 saturated heterocycles. The second-order valence-corrected chi connectivity index (χ2v) is 11.2. The van der Waals surface area contributed by atoms with Gasteiger partial charge in [-0.25, -0.2) is 9.97 Å². The van der Waals surface area contributed by atoms with Crippen molar-refractivity contribution in [2.45, 2.75) is 57.6 Å². The van der Waals surface area contributed by atoms with Gasteiger partial charge in [0.2, 0.25) is 18.6 Å². The molecule has 0 saturated carbocycles. The summed E-state index contributed by atoms with van der Waals surface area (Å²) < 4.78 is 18.4. The fourth-order valence-corrected chi connectivity index (χ4v) is 5.60. The smallest absolute Gasteiger partial charge is 0.252 e. The monoisotopic (exact) mass is 575 g/mol. The molecule has 42 heavy (non-hydrogen) atoms. The van der Waals surface area contributed by atoms with Crippen LogP contribution < -0.4 is 19.7 Å². The molecule has 3 aliphatic heterocycles. The van der Waals surface area contributed by atoms with Crippen LogP contribution in [0.2, 0.25) is 0 Å². The number of nitrogens with zero attached hydrogens (tertiary/aromatic N) is 6. The standard InChI is InChI=1S/C30H37N7O5/c1-20(2)23-16-27(34-30(33-23)36-10-9-31-18-36)35-11-12-37(29(39)25-4-3-13-40-25)22(17-35)15-28(38)32-8-7-21-5-6-24-26(14-21)42-19-41-24/h5-6,9-10,14,16,18,20,22,25H,3-4,7-8,11-13,15,17,19H2,1-2H3,(H,32,38). The van der Waals surface area contributed by atoms with Gasteiger partial charge in [-0.2, -0.15) is 4.98 Å². The number of fused-ring (bicyclic) bond motifs is 1. The van der Waals surface area contributed by atoms with Crippen molar-refractivity contribution in [3.05, 3.63) is 54.2 Å². The van der Waals surface area contributed by atoms with Crippen LogP contribution >= 0.6 is 0 Å². The molecule has 1 aromatic carbocycles. The Labute approximate surface area is 245 Å². The predicted molar refractivity (Wildman–Crippen MR) is 154 cm³/mol. The summed E-state index contributed by atoms with van der Waals surface area (Å²) in [6.07, 6.45) is 7.19. The lowest BCUT2D eigenvalue weighted by molar-refractivity contribution is -0.144. The van der Waals surface area contributed by atoms with Crippen LogP contribution in [0.3, 0.4) is 0 Å². The summed E-state index contributed by atoms with van der Waals surface area (Å²) >= 11 is 0. The Kier molecular flexibility index (Phi) is 8.22. The van der Waals surface area contributed by atoms with E-state index in [0.717, 1.165) is 35.0 Å². The molecule has 2 aromatic heterocycles. The van der Waals surface area contributed by atoms with Crippen molar-refractivity contribution in [3.63, 3.8) is 0 Å². The first-order valence-corrected chi connectivity index (χ1v) is 14.6. The topological polar surface area (TPSA) is 124 Å². The van der Waals surface area contributed by atoms with E-state index in [4.69, 9.17) is 24.2 Å². The van der Waals surface area contributed by atoms with E-state index in [2.05, 4.69) is 29.0 Å². The summed E-state index contributed by atoms with van der Waals surface area (Å²) in [4.78, 5) is 44.4. The van der Waals surface area contributed by atoms with Crippen molar-refractivity contribution >= 4 is 17.6 Å². The zero-order valence-corrected chi connectivity index (χ0v) is 24.1. The van der Waals surface area contributed by atoms with Crippen molar-refractivity contribution < 1.29 is 23.8 Å². The quantitative estimate of drug-likeness (QED) is 0.410. The van der Waals surface area contributed by atoms with Gasteiger partial charge in [0.05, 0.1) is 11.7 Å².